The summed E-state index contributed by atoms with van der Waals surface area (Å²) in [6, 6.07) is 8.62. The lowest BCUT2D eigenvalue weighted by molar-refractivity contribution is -0.125. The summed E-state index contributed by atoms with van der Waals surface area (Å²) in [6.45, 7) is 11.8. The van der Waals surface area contributed by atoms with E-state index in [1.54, 1.807) is 0 Å². The number of hydrogen-bond acceptors (Lipinski definition) is 2. The summed E-state index contributed by atoms with van der Waals surface area (Å²) in [5.41, 5.74) is 1.85. The van der Waals surface area contributed by atoms with E-state index in [9.17, 15) is 4.79 Å². The van der Waals surface area contributed by atoms with Crippen molar-refractivity contribution < 1.29 is 4.79 Å². The van der Waals surface area contributed by atoms with E-state index in [0.717, 1.165) is 18.5 Å². The van der Waals surface area contributed by atoms with Crippen molar-refractivity contribution >= 4 is 5.91 Å². The second-order valence-electron chi connectivity index (χ2n) is 5.84. The van der Waals surface area contributed by atoms with Gasteiger partial charge in [0.15, 0.2) is 0 Å². The number of carbonyl (C=O) groups excluding carboxylic acids is 1. The molecule has 1 aromatic rings. The fraction of sp³-hybridized carbons (Fsp3) is 0.588. The third-order valence-corrected chi connectivity index (χ3v) is 3.77. The summed E-state index contributed by atoms with van der Waals surface area (Å²) in [7, 11) is 0. The van der Waals surface area contributed by atoms with E-state index in [1.807, 2.05) is 13.8 Å². The quantitative estimate of drug-likeness (QED) is 0.804. The molecule has 0 saturated carbocycles. The van der Waals surface area contributed by atoms with E-state index >= 15 is 0 Å². The van der Waals surface area contributed by atoms with Gasteiger partial charge in [-0.15, -0.1) is 0 Å². The largest absolute Gasteiger partial charge is 0.354 e. The van der Waals surface area contributed by atoms with Crippen LogP contribution in [0, 0.1) is 0 Å². The van der Waals surface area contributed by atoms with Gasteiger partial charge in [-0.2, -0.15) is 0 Å². The van der Waals surface area contributed by atoms with Crippen LogP contribution in [0.25, 0.3) is 0 Å². The van der Waals surface area contributed by atoms with E-state index in [0.29, 0.717) is 12.6 Å². The third kappa shape index (κ3) is 4.34. The molecule has 0 unspecified atom stereocenters. The van der Waals surface area contributed by atoms with E-state index in [2.05, 4.69) is 55.7 Å². The molecule has 112 valence electrons. The van der Waals surface area contributed by atoms with Gasteiger partial charge in [-0.3, -0.25) is 4.79 Å². The highest BCUT2D eigenvalue weighted by Gasteiger charge is 2.29. The van der Waals surface area contributed by atoms with Crippen molar-refractivity contribution in [2.24, 2.45) is 0 Å². The molecule has 3 heteroatoms. The van der Waals surface area contributed by atoms with Crippen LogP contribution >= 0.6 is 0 Å². The molecule has 0 heterocycles. The van der Waals surface area contributed by atoms with Gasteiger partial charge in [-0.05, 0) is 44.9 Å². The second-order valence-corrected chi connectivity index (χ2v) is 5.84. The lowest BCUT2D eigenvalue weighted by Gasteiger charge is -2.25. The van der Waals surface area contributed by atoms with Gasteiger partial charge in [0.25, 0.3) is 0 Å². The van der Waals surface area contributed by atoms with Gasteiger partial charge >= 0.3 is 0 Å². The first-order valence-corrected chi connectivity index (χ1v) is 7.52. The van der Waals surface area contributed by atoms with Crippen LogP contribution in [0.3, 0.4) is 0 Å². The summed E-state index contributed by atoms with van der Waals surface area (Å²) in [6.07, 6.45) is 1.02. The molecule has 0 saturated heterocycles. The lowest BCUT2D eigenvalue weighted by Crippen LogP contribution is -2.45. The minimum atomic E-state index is -0.502. The van der Waals surface area contributed by atoms with Crippen molar-refractivity contribution in [2.45, 2.75) is 52.5 Å². The van der Waals surface area contributed by atoms with Crippen LogP contribution in [-0.2, 0) is 16.6 Å². The van der Waals surface area contributed by atoms with Crippen LogP contribution < -0.4 is 10.6 Å². The summed E-state index contributed by atoms with van der Waals surface area (Å²) in [5.74, 6) is 0.0755. The summed E-state index contributed by atoms with van der Waals surface area (Å²) >= 11 is 0. The molecule has 0 bridgehead atoms. The maximum atomic E-state index is 12.4. The number of rotatable bonds is 7. The second kappa shape index (κ2) is 7.44. The zero-order valence-electron chi connectivity index (χ0n) is 13.4. The monoisotopic (exact) mass is 276 g/mol. The minimum Gasteiger partial charge on any atom is -0.354 e. The van der Waals surface area contributed by atoms with Crippen molar-refractivity contribution in [1.29, 1.82) is 0 Å². The minimum absolute atomic E-state index is 0.0755. The molecule has 0 aliphatic heterocycles. The van der Waals surface area contributed by atoms with Crippen LogP contribution in [0.5, 0.6) is 0 Å². The molecule has 1 amide bonds. The first-order valence-electron chi connectivity index (χ1n) is 7.52. The topological polar surface area (TPSA) is 41.1 Å². The molecule has 0 aromatic heterocycles. The summed E-state index contributed by atoms with van der Waals surface area (Å²) < 4.78 is 0. The van der Waals surface area contributed by atoms with Crippen LogP contribution in [0.4, 0.5) is 0 Å². The number of amides is 1. The van der Waals surface area contributed by atoms with Gasteiger partial charge in [0.2, 0.25) is 5.91 Å². The Bertz CT molecular complexity index is 423. The van der Waals surface area contributed by atoms with Gasteiger partial charge < -0.3 is 10.6 Å². The molecule has 1 aromatic carbocycles. The normalized spacial score (nSPS) is 13.1. The smallest absolute Gasteiger partial charge is 0.230 e. The molecule has 1 rings (SSSR count). The predicted octanol–water partition coefficient (Wildman–Crippen LogP) is 2.64. The van der Waals surface area contributed by atoms with Crippen LogP contribution in [0.15, 0.2) is 24.3 Å². The van der Waals surface area contributed by atoms with Gasteiger partial charge in [0, 0.05) is 12.6 Å². The van der Waals surface area contributed by atoms with Crippen LogP contribution in [0.1, 0.15) is 45.7 Å². The molecule has 0 radical (unpaired) electrons. The van der Waals surface area contributed by atoms with E-state index in [1.165, 1.54) is 5.56 Å². The Labute approximate surface area is 123 Å². The van der Waals surface area contributed by atoms with Crippen molar-refractivity contribution in [2.75, 3.05) is 13.1 Å². The maximum absolute atomic E-state index is 12.4. The van der Waals surface area contributed by atoms with Crippen molar-refractivity contribution in [3.63, 3.8) is 0 Å². The first kappa shape index (κ1) is 16.7. The van der Waals surface area contributed by atoms with Crippen LogP contribution in [0.2, 0.25) is 0 Å². The predicted molar refractivity (Wildman–Crippen MR) is 85.0 cm³/mol. The Morgan fingerprint density at radius 3 is 2.30 bits per heavy atom. The number of carbonyl (C=O) groups is 1. The molecule has 20 heavy (non-hydrogen) atoms. The molecular weight excluding hydrogens is 248 g/mol. The Hall–Kier alpha value is -1.35. The number of likely N-dealkylation sites (N-methyl/N-ethyl adjacent to an activating group) is 1. The standard InChI is InChI=1S/C17H28N2O/c1-6-14-8-10-15(11-9-14)17(4,5)16(20)19-12-13(3)18-7-2/h8-11,13,18H,6-7,12H2,1-5H3,(H,19,20)/t13-/m1/s1. The summed E-state index contributed by atoms with van der Waals surface area (Å²) in [4.78, 5) is 12.4. The van der Waals surface area contributed by atoms with Crippen molar-refractivity contribution in [1.82, 2.24) is 10.6 Å². The lowest BCUT2D eigenvalue weighted by atomic mass is 9.83. The zero-order valence-corrected chi connectivity index (χ0v) is 13.4. The number of aryl methyl sites for hydroxylation is 1. The molecule has 2 N–H and O–H groups in total. The zero-order chi connectivity index (χ0) is 15.2. The van der Waals surface area contributed by atoms with Gasteiger partial charge in [-0.25, -0.2) is 0 Å². The molecule has 3 nitrogen and oxygen atoms in total. The molecular formula is C17H28N2O. The SMILES string of the molecule is CCN[C@H](C)CNC(=O)C(C)(C)c1ccc(CC)cc1. The Balaban J connectivity index is 2.68. The first-order chi connectivity index (χ1) is 9.41. The fourth-order valence-electron chi connectivity index (χ4n) is 2.18. The Morgan fingerprint density at radius 1 is 1.20 bits per heavy atom. The Kier molecular flexibility index (Phi) is 6.21. The van der Waals surface area contributed by atoms with Crippen LogP contribution in [-0.4, -0.2) is 25.0 Å². The third-order valence-electron chi connectivity index (χ3n) is 3.77. The molecule has 0 aliphatic rings. The highest BCUT2D eigenvalue weighted by molar-refractivity contribution is 5.87. The maximum Gasteiger partial charge on any atom is 0.230 e. The van der Waals surface area contributed by atoms with Crippen molar-refractivity contribution in [3.8, 4) is 0 Å². The van der Waals surface area contributed by atoms with E-state index in [4.69, 9.17) is 0 Å². The highest BCUT2D eigenvalue weighted by atomic mass is 16.2. The van der Waals surface area contributed by atoms with Gasteiger partial charge in [0.1, 0.15) is 0 Å². The molecule has 1 atom stereocenters. The number of hydrogen-bond donors (Lipinski definition) is 2. The molecule has 0 aliphatic carbocycles. The number of benzene rings is 1. The highest BCUT2D eigenvalue weighted by Crippen LogP contribution is 2.23. The van der Waals surface area contributed by atoms with Crippen molar-refractivity contribution in [3.05, 3.63) is 35.4 Å². The molecule has 0 fully saturated rings. The Morgan fingerprint density at radius 2 is 1.80 bits per heavy atom. The van der Waals surface area contributed by atoms with E-state index in [-0.39, 0.29) is 5.91 Å². The van der Waals surface area contributed by atoms with E-state index < -0.39 is 5.41 Å². The fourth-order valence-corrected chi connectivity index (χ4v) is 2.18. The average molecular weight is 276 g/mol. The number of nitrogens with one attached hydrogen (secondary N) is 2. The van der Waals surface area contributed by atoms with Gasteiger partial charge in [-0.1, -0.05) is 38.1 Å². The summed E-state index contributed by atoms with van der Waals surface area (Å²) in [5, 5.41) is 6.33. The average Bonchev–Trinajstić information content (AvgIpc) is 2.45. The van der Waals surface area contributed by atoms with Gasteiger partial charge in [0.05, 0.1) is 5.41 Å². The molecule has 0 spiro atoms.